The summed E-state index contributed by atoms with van der Waals surface area (Å²) in [5.41, 5.74) is 7.47. The van der Waals surface area contributed by atoms with Gasteiger partial charge < -0.3 is 15.8 Å². The van der Waals surface area contributed by atoms with Crippen LogP contribution in [0.3, 0.4) is 0 Å². The van der Waals surface area contributed by atoms with Gasteiger partial charge in [0.2, 0.25) is 0 Å². The van der Waals surface area contributed by atoms with E-state index in [-0.39, 0.29) is 0 Å². The van der Waals surface area contributed by atoms with Crippen molar-refractivity contribution < 1.29 is 4.74 Å². The molecule has 2 rings (SSSR count). The molecule has 1 aromatic rings. The van der Waals surface area contributed by atoms with Crippen molar-refractivity contribution in [2.75, 3.05) is 25.1 Å². The summed E-state index contributed by atoms with van der Waals surface area (Å²) in [6.45, 7) is 4.50. The van der Waals surface area contributed by atoms with Gasteiger partial charge in [0.15, 0.2) is 0 Å². The zero-order valence-corrected chi connectivity index (χ0v) is 11.7. The van der Waals surface area contributed by atoms with Crippen molar-refractivity contribution in [1.82, 2.24) is 9.78 Å². The highest BCUT2D eigenvalue weighted by molar-refractivity contribution is 7.80. The van der Waals surface area contributed by atoms with Crippen molar-refractivity contribution in [2.45, 2.75) is 19.8 Å². The van der Waals surface area contributed by atoms with Crippen molar-refractivity contribution in [3.63, 3.8) is 0 Å². The lowest BCUT2D eigenvalue weighted by molar-refractivity contribution is 0.0594. The minimum Gasteiger partial charge on any atom is -0.389 e. The Kier molecular flexibility index (Phi) is 4.19. The summed E-state index contributed by atoms with van der Waals surface area (Å²) < 4.78 is 7.27. The van der Waals surface area contributed by atoms with E-state index in [9.17, 15) is 0 Å². The topological polar surface area (TPSA) is 65.1 Å². The number of hydrogen-bond acceptors (Lipinski definition) is 4. The van der Waals surface area contributed by atoms with Crippen LogP contribution in [0.5, 0.6) is 0 Å². The van der Waals surface area contributed by atoms with Crippen LogP contribution in [-0.4, -0.2) is 34.5 Å². The Labute approximate surface area is 113 Å². The van der Waals surface area contributed by atoms with Gasteiger partial charge in [0.05, 0.1) is 17.9 Å². The lowest BCUT2D eigenvalue weighted by Crippen LogP contribution is -2.26. The first-order chi connectivity index (χ1) is 8.59. The minimum absolute atomic E-state index is 0.392. The predicted molar refractivity (Wildman–Crippen MR) is 75.9 cm³/mol. The number of thiocarbonyl (C=S) groups is 1. The second kappa shape index (κ2) is 5.67. The molecule has 18 heavy (non-hydrogen) atoms. The molecule has 0 aliphatic carbocycles. The summed E-state index contributed by atoms with van der Waals surface area (Å²) in [4.78, 5) is 0.392. The van der Waals surface area contributed by atoms with Crippen LogP contribution in [-0.2, 0) is 11.8 Å². The van der Waals surface area contributed by atoms with E-state index in [0.29, 0.717) is 10.9 Å². The quantitative estimate of drug-likeness (QED) is 0.803. The molecular weight excluding hydrogens is 248 g/mol. The Morgan fingerprint density at radius 3 is 3.06 bits per heavy atom. The lowest BCUT2D eigenvalue weighted by Gasteiger charge is -2.23. The standard InChI is InChI=1S/C12H20N4OS/c1-8-10(11(13)18)12(16(2)15-8)14-6-9-4-3-5-17-7-9/h9,14H,3-7H2,1-2H3,(H2,13,18). The number of aromatic nitrogens is 2. The highest BCUT2D eigenvalue weighted by Gasteiger charge is 2.18. The third-order valence-electron chi connectivity index (χ3n) is 3.28. The van der Waals surface area contributed by atoms with Crippen LogP contribution in [0.2, 0.25) is 0 Å². The second-order valence-electron chi connectivity index (χ2n) is 4.76. The van der Waals surface area contributed by atoms with Crippen LogP contribution >= 0.6 is 12.2 Å². The highest BCUT2D eigenvalue weighted by Crippen LogP contribution is 2.20. The fraction of sp³-hybridized carbons (Fsp3) is 0.667. The number of hydrogen-bond donors (Lipinski definition) is 2. The summed E-state index contributed by atoms with van der Waals surface area (Å²) in [5.74, 6) is 1.46. The summed E-state index contributed by atoms with van der Waals surface area (Å²) in [6, 6.07) is 0. The van der Waals surface area contributed by atoms with Gasteiger partial charge >= 0.3 is 0 Å². The van der Waals surface area contributed by atoms with E-state index < -0.39 is 0 Å². The monoisotopic (exact) mass is 268 g/mol. The van der Waals surface area contributed by atoms with Gasteiger partial charge in [-0.25, -0.2) is 0 Å². The molecule has 2 heterocycles. The largest absolute Gasteiger partial charge is 0.389 e. The molecule has 1 aromatic heterocycles. The Balaban J connectivity index is 2.06. The van der Waals surface area contributed by atoms with Gasteiger partial charge in [-0.1, -0.05) is 12.2 Å². The molecule has 1 unspecified atom stereocenters. The smallest absolute Gasteiger partial charge is 0.134 e. The number of nitrogens with zero attached hydrogens (tertiary/aromatic N) is 2. The van der Waals surface area contributed by atoms with Gasteiger partial charge in [0, 0.05) is 20.2 Å². The summed E-state index contributed by atoms with van der Waals surface area (Å²) in [5, 5.41) is 7.76. The third kappa shape index (κ3) is 2.81. The molecular formula is C12H20N4OS. The van der Waals surface area contributed by atoms with Crippen molar-refractivity contribution in [3.05, 3.63) is 11.3 Å². The van der Waals surface area contributed by atoms with Crippen LogP contribution in [0.15, 0.2) is 0 Å². The van der Waals surface area contributed by atoms with Gasteiger partial charge in [0.1, 0.15) is 10.8 Å². The zero-order valence-electron chi connectivity index (χ0n) is 10.9. The molecule has 0 radical (unpaired) electrons. The van der Waals surface area contributed by atoms with Gasteiger partial charge in [0.25, 0.3) is 0 Å². The Hall–Kier alpha value is -1.14. The van der Waals surface area contributed by atoms with E-state index in [1.807, 2.05) is 14.0 Å². The van der Waals surface area contributed by atoms with Gasteiger partial charge in [-0.2, -0.15) is 5.10 Å². The molecule has 0 spiro atoms. The number of anilines is 1. The van der Waals surface area contributed by atoms with Crippen LogP contribution in [0.1, 0.15) is 24.1 Å². The Bertz CT molecular complexity index is 438. The summed E-state index contributed by atoms with van der Waals surface area (Å²) >= 11 is 5.08. The van der Waals surface area contributed by atoms with E-state index in [0.717, 1.165) is 43.3 Å². The molecule has 1 aliphatic heterocycles. The molecule has 6 heteroatoms. The van der Waals surface area contributed by atoms with Gasteiger partial charge in [-0.05, 0) is 25.7 Å². The van der Waals surface area contributed by atoms with Crippen LogP contribution in [0.25, 0.3) is 0 Å². The second-order valence-corrected chi connectivity index (χ2v) is 5.20. The molecule has 0 saturated carbocycles. The van der Waals surface area contributed by atoms with Crippen molar-refractivity contribution in [2.24, 2.45) is 18.7 Å². The van der Waals surface area contributed by atoms with Crippen molar-refractivity contribution in [1.29, 1.82) is 0 Å². The zero-order chi connectivity index (χ0) is 13.1. The average molecular weight is 268 g/mol. The van der Waals surface area contributed by atoms with Crippen molar-refractivity contribution in [3.8, 4) is 0 Å². The molecule has 1 fully saturated rings. The molecule has 0 bridgehead atoms. The van der Waals surface area contributed by atoms with E-state index in [2.05, 4.69) is 10.4 Å². The molecule has 1 saturated heterocycles. The van der Waals surface area contributed by atoms with Crippen LogP contribution < -0.4 is 11.1 Å². The number of aryl methyl sites for hydroxylation is 2. The SMILES string of the molecule is Cc1nn(C)c(NCC2CCCOC2)c1C(N)=S. The molecule has 3 N–H and O–H groups in total. The average Bonchev–Trinajstić information content (AvgIpc) is 2.62. The summed E-state index contributed by atoms with van der Waals surface area (Å²) in [7, 11) is 1.90. The maximum absolute atomic E-state index is 5.75. The number of nitrogens with one attached hydrogen (secondary N) is 1. The maximum Gasteiger partial charge on any atom is 0.134 e. The Morgan fingerprint density at radius 1 is 1.67 bits per heavy atom. The van der Waals surface area contributed by atoms with Gasteiger partial charge in [-0.3, -0.25) is 4.68 Å². The number of rotatable bonds is 4. The van der Waals surface area contributed by atoms with Crippen molar-refractivity contribution >= 4 is 23.0 Å². The van der Waals surface area contributed by atoms with Crippen LogP contribution in [0, 0.1) is 12.8 Å². The molecule has 100 valence electrons. The number of ether oxygens (including phenoxy) is 1. The maximum atomic E-state index is 5.75. The lowest BCUT2D eigenvalue weighted by atomic mass is 10.0. The highest BCUT2D eigenvalue weighted by atomic mass is 32.1. The van der Waals surface area contributed by atoms with E-state index in [1.165, 1.54) is 6.42 Å². The third-order valence-corrected chi connectivity index (χ3v) is 3.49. The molecule has 5 nitrogen and oxygen atoms in total. The molecule has 0 aromatic carbocycles. The number of nitrogens with two attached hydrogens (primary N) is 1. The van der Waals surface area contributed by atoms with E-state index >= 15 is 0 Å². The molecule has 1 aliphatic rings. The Morgan fingerprint density at radius 2 is 2.44 bits per heavy atom. The minimum atomic E-state index is 0.392. The molecule has 0 amide bonds. The van der Waals surface area contributed by atoms with Crippen LogP contribution in [0.4, 0.5) is 5.82 Å². The fourth-order valence-electron chi connectivity index (χ4n) is 2.37. The normalized spacial score (nSPS) is 19.8. The van der Waals surface area contributed by atoms with E-state index in [1.54, 1.807) is 4.68 Å². The first kappa shape index (κ1) is 13.3. The fourth-order valence-corrected chi connectivity index (χ4v) is 2.61. The molecule has 1 atom stereocenters. The van der Waals surface area contributed by atoms with E-state index in [4.69, 9.17) is 22.7 Å². The first-order valence-electron chi connectivity index (χ1n) is 6.24. The first-order valence-corrected chi connectivity index (χ1v) is 6.65. The van der Waals surface area contributed by atoms with Gasteiger partial charge in [-0.15, -0.1) is 0 Å². The predicted octanol–water partition coefficient (Wildman–Crippen LogP) is 1.20. The summed E-state index contributed by atoms with van der Waals surface area (Å²) in [6.07, 6.45) is 2.34.